The first-order chi connectivity index (χ1) is 14.3. The number of carbonyl (C=O) groups is 1. The highest BCUT2D eigenvalue weighted by Gasteiger charge is 2.16. The molecule has 0 unspecified atom stereocenters. The van der Waals surface area contributed by atoms with Gasteiger partial charge in [0.2, 0.25) is 0 Å². The van der Waals surface area contributed by atoms with Crippen molar-refractivity contribution in [2.75, 3.05) is 19.4 Å². The first kappa shape index (κ1) is 21.6. The van der Waals surface area contributed by atoms with Crippen LogP contribution < -0.4 is 5.32 Å². The van der Waals surface area contributed by atoms with E-state index in [0.29, 0.717) is 24.5 Å². The third-order valence-electron chi connectivity index (χ3n) is 4.88. The lowest BCUT2D eigenvalue weighted by atomic mass is 10.1. The number of carbonyl (C=O) groups excluding carboxylic acids is 1. The van der Waals surface area contributed by atoms with E-state index in [1.807, 2.05) is 49.4 Å². The summed E-state index contributed by atoms with van der Waals surface area (Å²) in [5, 5.41) is 2.75. The zero-order valence-corrected chi connectivity index (χ0v) is 18.2. The van der Waals surface area contributed by atoms with E-state index in [0.717, 1.165) is 28.2 Å². The van der Waals surface area contributed by atoms with Crippen molar-refractivity contribution in [3.8, 4) is 16.9 Å². The van der Waals surface area contributed by atoms with Gasteiger partial charge in [0.15, 0.2) is 9.84 Å². The summed E-state index contributed by atoms with van der Waals surface area (Å²) in [5.74, 6) is 0. The lowest BCUT2D eigenvalue weighted by Gasteiger charge is -2.13. The standard InChI is InChI=1S/C23H26N2O4S/c1-4-29-23(26)24-15-14-19-16-22(18-10-12-21(13-11-18)30(3,27)28)25(17(19)2)20-8-6-5-7-9-20/h5-13,16H,4,14-15H2,1-3H3,(H,24,26). The number of aromatic nitrogens is 1. The summed E-state index contributed by atoms with van der Waals surface area (Å²) in [6.07, 6.45) is 1.43. The molecule has 3 aromatic rings. The molecule has 1 heterocycles. The van der Waals surface area contributed by atoms with E-state index in [4.69, 9.17) is 4.74 Å². The Morgan fingerprint density at radius 1 is 1.07 bits per heavy atom. The number of benzene rings is 2. The van der Waals surface area contributed by atoms with Gasteiger partial charge in [-0.05, 0) is 61.7 Å². The van der Waals surface area contributed by atoms with Crippen LogP contribution >= 0.6 is 0 Å². The smallest absolute Gasteiger partial charge is 0.407 e. The van der Waals surface area contributed by atoms with E-state index in [2.05, 4.69) is 16.0 Å². The van der Waals surface area contributed by atoms with Gasteiger partial charge in [-0.1, -0.05) is 30.3 Å². The fourth-order valence-corrected chi connectivity index (χ4v) is 4.02. The van der Waals surface area contributed by atoms with Gasteiger partial charge in [-0.25, -0.2) is 13.2 Å². The van der Waals surface area contributed by atoms with Crippen molar-refractivity contribution in [2.45, 2.75) is 25.2 Å². The number of alkyl carbamates (subject to hydrolysis) is 1. The highest BCUT2D eigenvalue weighted by molar-refractivity contribution is 7.90. The molecule has 2 aromatic carbocycles. The molecule has 1 aromatic heterocycles. The Morgan fingerprint density at radius 2 is 1.73 bits per heavy atom. The Labute approximate surface area is 177 Å². The summed E-state index contributed by atoms with van der Waals surface area (Å²) in [5.41, 5.74) is 5.05. The van der Waals surface area contributed by atoms with Gasteiger partial charge < -0.3 is 14.6 Å². The van der Waals surface area contributed by atoms with Crippen LogP contribution in [-0.2, 0) is 21.0 Å². The van der Waals surface area contributed by atoms with E-state index >= 15 is 0 Å². The van der Waals surface area contributed by atoms with Crippen molar-refractivity contribution < 1.29 is 17.9 Å². The van der Waals surface area contributed by atoms with Crippen molar-refractivity contribution in [3.63, 3.8) is 0 Å². The second-order valence-electron chi connectivity index (χ2n) is 7.00. The molecular formula is C23H26N2O4S. The normalized spacial score (nSPS) is 11.3. The summed E-state index contributed by atoms with van der Waals surface area (Å²) < 4.78 is 30.7. The van der Waals surface area contributed by atoms with Gasteiger partial charge in [-0.15, -0.1) is 0 Å². The molecule has 30 heavy (non-hydrogen) atoms. The predicted octanol–water partition coefficient (Wildman–Crippen LogP) is 4.14. The van der Waals surface area contributed by atoms with Crippen LogP contribution in [-0.4, -0.2) is 38.5 Å². The van der Waals surface area contributed by atoms with Gasteiger partial charge in [-0.3, -0.25) is 0 Å². The van der Waals surface area contributed by atoms with Crippen LogP contribution in [0.3, 0.4) is 0 Å². The number of nitrogens with zero attached hydrogens (tertiary/aromatic N) is 1. The molecule has 0 aliphatic heterocycles. The molecule has 0 aliphatic carbocycles. The van der Waals surface area contributed by atoms with Crippen molar-refractivity contribution >= 4 is 15.9 Å². The number of hydrogen-bond donors (Lipinski definition) is 1. The fourth-order valence-electron chi connectivity index (χ4n) is 3.39. The average Bonchev–Trinajstić information content (AvgIpc) is 3.05. The van der Waals surface area contributed by atoms with Gasteiger partial charge in [-0.2, -0.15) is 0 Å². The number of nitrogens with one attached hydrogen (secondary N) is 1. The monoisotopic (exact) mass is 426 g/mol. The van der Waals surface area contributed by atoms with E-state index < -0.39 is 15.9 Å². The van der Waals surface area contributed by atoms with E-state index in [9.17, 15) is 13.2 Å². The van der Waals surface area contributed by atoms with Gasteiger partial charge in [0, 0.05) is 24.2 Å². The van der Waals surface area contributed by atoms with Crippen molar-refractivity contribution in [2.24, 2.45) is 0 Å². The Hall–Kier alpha value is -3.06. The Morgan fingerprint density at radius 3 is 2.33 bits per heavy atom. The van der Waals surface area contributed by atoms with Gasteiger partial charge in [0.05, 0.1) is 17.2 Å². The maximum absolute atomic E-state index is 11.8. The van der Waals surface area contributed by atoms with Crippen LogP contribution in [0.15, 0.2) is 65.6 Å². The first-order valence-corrected chi connectivity index (χ1v) is 11.7. The summed E-state index contributed by atoms with van der Waals surface area (Å²) >= 11 is 0. The van der Waals surface area contributed by atoms with Crippen LogP contribution in [0.2, 0.25) is 0 Å². The molecule has 7 heteroatoms. The Bertz CT molecular complexity index is 1120. The number of amides is 1. The molecule has 0 spiro atoms. The molecule has 158 valence electrons. The van der Waals surface area contributed by atoms with E-state index in [-0.39, 0.29) is 0 Å². The molecule has 0 aliphatic rings. The molecule has 0 fully saturated rings. The Balaban J connectivity index is 1.98. The molecule has 0 saturated carbocycles. The molecular weight excluding hydrogens is 400 g/mol. The molecule has 0 radical (unpaired) electrons. The highest BCUT2D eigenvalue weighted by Crippen LogP contribution is 2.30. The molecule has 0 bridgehead atoms. The second-order valence-corrected chi connectivity index (χ2v) is 9.02. The van der Waals surface area contributed by atoms with Crippen molar-refractivity contribution in [1.82, 2.24) is 9.88 Å². The van der Waals surface area contributed by atoms with Gasteiger partial charge in [0.1, 0.15) is 0 Å². The zero-order chi connectivity index (χ0) is 21.7. The SMILES string of the molecule is CCOC(=O)NCCc1cc(-c2ccc(S(C)(=O)=O)cc2)n(-c2ccccc2)c1C. The minimum Gasteiger partial charge on any atom is -0.450 e. The van der Waals surface area contributed by atoms with Gasteiger partial charge in [0.25, 0.3) is 0 Å². The minimum atomic E-state index is -3.25. The number of para-hydroxylation sites is 1. The summed E-state index contributed by atoms with van der Waals surface area (Å²) in [4.78, 5) is 11.8. The van der Waals surface area contributed by atoms with Crippen molar-refractivity contribution in [1.29, 1.82) is 0 Å². The molecule has 0 saturated heterocycles. The zero-order valence-electron chi connectivity index (χ0n) is 17.4. The maximum atomic E-state index is 11.8. The fraction of sp³-hybridized carbons (Fsp3) is 0.261. The lowest BCUT2D eigenvalue weighted by Crippen LogP contribution is -2.26. The van der Waals surface area contributed by atoms with Crippen LogP contribution in [0.5, 0.6) is 0 Å². The number of rotatable bonds is 7. The maximum Gasteiger partial charge on any atom is 0.407 e. The number of sulfone groups is 1. The molecule has 0 atom stereocenters. The van der Waals surface area contributed by atoms with Crippen LogP contribution in [0.4, 0.5) is 4.79 Å². The Kier molecular flexibility index (Phi) is 6.62. The molecule has 6 nitrogen and oxygen atoms in total. The summed E-state index contributed by atoms with van der Waals surface area (Å²) in [6.45, 7) is 4.61. The van der Waals surface area contributed by atoms with Crippen LogP contribution in [0.1, 0.15) is 18.2 Å². The topological polar surface area (TPSA) is 77.4 Å². The largest absolute Gasteiger partial charge is 0.450 e. The second kappa shape index (κ2) is 9.17. The van der Waals surface area contributed by atoms with E-state index in [1.54, 1.807) is 19.1 Å². The quantitative estimate of drug-likeness (QED) is 0.616. The molecule has 3 rings (SSSR count). The lowest BCUT2D eigenvalue weighted by molar-refractivity contribution is 0.152. The van der Waals surface area contributed by atoms with Crippen LogP contribution in [0, 0.1) is 6.92 Å². The number of ether oxygens (including phenoxy) is 1. The van der Waals surface area contributed by atoms with Crippen LogP contribution in [0.25, 0.3) is 16.9 Å². The summed E-state index contributed by atoms with van der Waals surface area (Å²) in [7, 11) is -3.25. The third kappa shape index (κ3) is 4.91. The first-order valence-electron chi connectivity index (χ1n) is 9.79. The average molecular weight is 427 g/mol. The third-order valence-corrected chi connectivity index (χ3v) is 6.01. The highest BCUT2D eigenvalue weighted by atomic mass is 32.2. The predicted molar refractivity (Wildman–Crippen MR) is 118 cm³/mol. The van der Waals surface area contributed by atoms with Crippen molar-refractivity contribution in [3.05, 3.63) is 71.9 Å². The molecule has 1 amide bonds. The summed E-state index contributed by atoms with van der Waals surface area (Å²) in [6, 6.07) is 19.0. The minimum absolute atomic E-state index is 0.291. The van der Waals surface area contributed by atoms with E-state index in [1.165, 1.54) is 6.26 Å². The van der Waals surface area contributed by atoms with Gasteiger partial charge >= 0.3 is 6.09 Å². The number of hydrogen-bond acceptors (Lipinski definition) is 4. The molecule has 1 N–H and O–H groups in total.